The number of hydrogen-bond acceptors (Lipinski definition) is 3. The first-order chi connectivity index (χ1) is 6.15. The molecule has 68 valence electrons. The summed E-state index contributed by atoms with van der Waals surface area (Å²) in [7, 11) is 1.40. The molecule has 5 heteroatoms. The van der Waals surface area contributed by atoms with E-state index in [4.69, 9.17) is 0 Å². The van der Waals surface area contributed by atoms with Crippen molar-refractivity contribution in [3.05, 3.63) is 9.41 Å². The summed E-state index contributed by atoms with van der Waals surface area (Å²) in [6.07, 6.45) is 4.12. The second-order valence-corrected chi connectivity index (χ2v) is 14.9. The predicted octanol–water partition coefficient (Wildman–Crippen LogP) is 1.17. The first-order valence-electron chi connectivity index (χ1n) is 4.18. The van der Waals surface area contributed by atoms with E-state index in [-0.39, 0.29) is 5.97 Å². The van der Waals surface area contributed by atoms with Crippen molar-refractivity contribution in [2.45, 2.75) is 14.9 Å². The number of alkyl halides is 1. The van der Waals surface area contributed by atoms with Crippen LogP contribution >= 0.6 is 15.9 Å². The van der Waals surface area contributed by atoms with Gasteiger partial charge in [0.1, 0.15) is 0 Å². The maximum absolute atomic E-state index is 11.1. The molecule has 0 N–H and O–H groups in total. The van der Waals surface area contributed by atoms with Gasteiger partial charge in [0.05, 0.1) is 0 Å². The van der Waals surface area contributed by atoms with Crippen molar-refractivity contribution in [1.82, 2.24) is 0 Å². The van der Waals surface area contributed by atoms with Crippen molar-refractivity contribution in [3.63, 3.8) is 0 Å². The van der Waals surface area contributed by atoms with Gasteiger partial charge in [0.15, 0.2) is 0 Å². The average Bonchev–Trinajstić information content (AvgIpc) is 2.72. The Morgan fingerprint density at radius 1 is 1.77 bits per heavy atom. The van der Waals surface area contributed by atoms with Gasteiger partial charge in [-0.1, -0.05) is 0 Å². The SMILES string of the molecule is COC(=O)C1=[CH][In]([C]2(Br)CC2)[N]=C1. The van der Waals surface area contributed by atoms with E-state index >= 15 is 0 Å². The third kappa shape index (κ3) is 1.86. The predicted molar refractivity (Wildman–Crippen MR) is 55.2 cm³/mol. The van der Waals surface area contributed by atoms with E-state index in [1.165, 1.54) is 20.0 Å². The third-order valence-corrected chi connectivity index (χ3v) is 14.3. The summed E-state index contributed by atoms with van der Waals surface area (Å²) >= 11 is 1.73. The van der Waals surface area contributed by atoms with Gasteiger partial charge in [-0.05, 0) is 0 Å². The average molecular weight is 346 g/mol. The summed E-state index contributed by atoms with van der Waals surface area (Å²) in [6.45, 7) is 0. The molecule has 0 saturated heterocycles. The van der Waals surface area contributed by atoms with Crippen LogP contribution in [0.5, 0.6) is 0 Å². The van der Waals surface area contributed by atoms with E-state index in [0.717, 1.165) is 0 Å². The quantitative estimate of drug-likeness (QED) is 0.556. The number of esters is 1. The molecule has 0 unspecified atom stereocenters. The van der Waals surface area contributed by atoms with Crippen LogP contribution in [-0.2, 0) is 9.53 Å². The molecule has 1 heterocycles. The van der Waals surface area contributed by atoms with E-state index in [1.54, 1.807) is 6.21 Å². The van der Waals surface area contributed by atoms with E-state index < -0.39 is 21.7 Å². The second-order valence-electron chi connectivity index (χ2n) is 3.37. The van der Waals surface area contributed by atoms with Crippen molar-refractivity contribution in [2.75, 3.05) is 7.11 Å². The Labute approximate surface area is 93.3 Å². The summed E-state index contributed by atoms with van der Waals surface area (Å²) in [5, 5.41) is 0. The molecule has 2 aliphatic rings. The maximum atomic E-state index is 11.1. The van der Waals surface area contributed by atoms with Gasteiger partial charge >= 0.3 is 93.8 Å². The Hall–Kier alpha value is 0.230. The van der Waals surface area contributed by atoms with Gasteiger partial charge in [0, 0.05) is 0 Å². The second kappa shape index (κ2) is 3.42. The number of hydrogen-bond donors (Lipinski definition) is 0. The van der Waals surface area contributed by atoms with E-state index in [0.29, 0.717) is 7.65 Å². The third-order valence-electron chi connectivity index (χ3n) is 2.39. The molecule has 0 radical (unpaired) electrons. The van der Waals surface area contributed by atoms with E-state index in [9.17, 15) is 4.79 Å². The van der Waals surface area contributed by atoms with Gasteiger partial charge in [-0.15, -0.1) is 0 Å². The fraction of sp³-hybridized carbons (Fsp3) is 0.500. The van der Waals surface area contributed by atoms with Gasteiger partial charge in [-0.3, -0.25) is 0 Å². The Morgan fingerprint density at radius 2 is 2.46 bits per heavy atom. The van der Waals surface area contributed by atoms with Crippen LogP contribution in [0.1, 0.15) is 12.8 Å². The van der Waals surface area contributed by atoms with Crippen LogP contribution in [0.4, 0.5) is 0 Å². The molecular formula is C8H9BrInNO2. The van der Waals surface area contributed by atoms with Gasteiger partial charge in [-0.25, -0.2) is 0 Å². The molecule has 1 saturated carbocycles. The molecule has 0 aromatic heterocycles. The molecule has 0 spiro atoms. The normalized spacial score (nSPS) is 22.9. The number of carbonyl (C=O) groups excluding carboxylic acids is 1. The van der Waals surface area contributed by atoms with Crippen molar-refractivity contribution in [1.29, 1.82) is 0 Å². The topological polar surface area (TPSA) is 38.7 Å². The molecule has 1 aliphatic carbocycles. The van der Waals surface area contributed by atoms with Gasteiger partial charge in [0.2, 0.25) is 0 Å². The molecule has 13 heavy (non-hydrogen) atoms. The summed E-state index contributed by atoms with van der Waals surface area (Å²) in [4.78, 5) is 11.1. The van der Waals surface area contributed by atoms with E-state index in [2.05, 4.69) is 27.5 Å². The molecule has 1 fully saturated rings. The number of rotatable bonds is 2. The van der Waals surface area contributed by atoms with Crippen LogP contribution in [0.3, 0.4) is 0 Å². The standard InChI is InChI=1S/C5H5NO2.C3H4Br.In/c1-4(3-6)5(7)8-2;4-3-1-2-3;/h1,3H,2H3;1-2H2;/q-1;;+1. The molecule has 0 aromatic carbocycles. The molecule has 1 aliphatic heterocycles. The first-order valence-corrected chi connectivity index (χ1v) is 10.00. The first kappa shape index (κ1) is 9.77. The van der Waals surface area contributed by atoms with Crippen LogP contribution in [0.15, 0.2) is 12.4 Å². The Morgan fingerprint density at radius 3 is 3.00 bits per heavy atom. The number of methoxy groups -OCH3 is 1. The zero-order valence-corrected chi connectivity index (χ0v) is 12.2. The number of halogens is 1. The zero-order valence-electron chi connectivity index (χ0n) is 7.29. The van der Waals surface area contributed by atoms with Gasteiger partial charge in [0.25, 0.3) is 0 Å². The number of carbonyl (C=O) groups is 1. The van der Waals surface area contributed by atoms with Crippen molar-refractivity contribution in [2.24, 2.45) is 2.98 Å². The summed E-state index contributed by atoms with van der Waals surface area (Å²) in [5.41, 5.74) is 0.661. The monoisotopic (exact) mass is 345 g/mol. The molecule has 0 atom stereocenters. The number of ether oxygens (including phenoxy) is 1. The Bertz CT molecular complexity index is 309. The van der Waals surface area contributed by atoms with Crippen molar-refractivity contribution >= 4 is 49.8 Å². The molecule has 0 bridgehead atoms. The molecule has 3 nitrogen and oxygen atoms in total. The summed E-state index contributed by atoms with van der Waals surface area (Å²) in [6, 6.07) is 0. The molecule has 0 aromatic rings. The van der Waals surface area contributed by atoms with Gasteiger partial charge < -0.3 is 0 Å². The number of nitrogens with zero attached hydrogens (tertiary/aromatic N) is 1. The van der Waals surface area contributed by atoms with Crippen LogP contribution in [0, 0.1) is 0 Å². The molecular weight excluding hydrogens is 337 g/mol. The minimum absolute atomic E-state index is 0.250. The summed E-state index contributed by atoms with van der Waals surface area (Å²) < 4.78 is 11.5. The van der Waals surface area contributed by atoms with E-state index in [1.807, 2.05) is 0 Å². The van der Waals surface area contributed by atoms with Crippen molar-refractivity contribution < 1.29 is 9.53 Å². The van der Waals surface area contributed by atoms with Gasteiger partial charge in [-0.2, -0.15) is 0 Å². The fourth-order valence-corrected chi connectivity index (χ4v) is 9.71. The fourth-order valence-electron chi connectivity index (χ4n) is 1.35. The van der Waals surface area contributed by atoms with Crippen molar-refractivity contribution in [3.8, 4) is 0 Å². The van der Waals surface area contributed by atoms with Crippen LogP contribution < -0.4 is 0 Å². The van der Waals surface area contributed by atoms with Crippen LogP contribution in [0.2, 0.25) is 0 Å². The molecule has 0 amide bonds. The van der Waals surface area contributed by atoms with Crippen LogP contribution in [0.25, 0.3) is 0 Å². The summed E-state index contributed by atoms with van der Waals surface area (Å²) in [5.74, 6) is -0.250. The Kier molecular flexibility index (Phi) is 2.57. The molecule has 2 rings (SSSR count). The van der Waals surface area contributed by atoms with Crippen LogP contribution in [-0.4, -0.2) is 43.1 Å². The zero-order chi connectivity index (χ0) is 9.47. The minimum atomic E-state index is -1.97. The Balaban J connectivity index is 2.11.